The van der Waals surface area contributed by atoms with Gasteiger partial charge >= 0.3 is 0 Å². The minimum absolute atomic E-state index is 0.240. The molecule has 9 nitrogen and oxygen atoms in total. The first kappa shape index (κ1) is 19.0. The van der Waals surface area contributed by atoms with Crippen molar-refractivity contribution in [2.24, 2.45) is 0 Å². The van der Waals surface area contributed by atoms with Gasteiger partial charge in [0, 0.05) is 18.3 Å². The van der Waals surface area contributed by atoms with E-state index in [1.807, 2.05) is 31.2 Å². The number of carbonyl (C=O) groups is 1. The van der Waals surface area contributed by atoms with Crippen molar-refractivity contribution in [1.82, 2.24) is 24.7 Å². The largest absolute Gasteiger partial charge is 0.495 e. The maximum Gasteiger partial charge on any atom is 0.275 e. The molecule has 1 aliphatic rings. The molecule has 31 heavy (non-hydrogen) atoms. The summed E-state index contributed by atoms with van der Waals surface area (Å²) >= 11 is 0. The van der Waals surface area contributed by atoms with Gasteiger partial charge in [-0.05, 0) is 49.6 Å². The fraction of sp³-hybridized carbons (Fsp3) is 0.227. The van der Waals surface area contributed by atoms with E-state index in [4.69, 9.17) is 9.26 Å². The zero-order chi connectivity index (χ0) is 21.4. The first-order valence-corrected chi connectivity index (χ1v) is 9.91. The summed E-state index contributed by atoms with van der Waals surface area (Å²) in [5.41, 5.74) is 2.50. The van der Waals surface area contributed by atoms with Crippen molar-refractivity contribution in [3.8, 4) is 23.0 Å². The van der Waals surface area contributed by atoms with Crippen LogP contribution in [0.15, 0.2) is 53.6 Å². The second-order valence-electron chi connectivity index (χ2n) is 7.43. The van der Waals surface area contributed by atoms with Crippen LogP contribution in [0.25, 0.3) is 17.3 Å². The monoisotopic (exact) mass is 416 g/mol. The average Bonchev–Trinajstić information content (AvgIpc) is 3.31. The first-order chi connectivity index (χ1) is 15.1. The lowest BCUT2D eigenvalue weighted by atomic mass is 10.2. The molecule has 1 aromatic carbocycles. The standard InChI is InChI=1S/C22H20N6O3/c1-13-5-8-18(30-2)16(10-13)25-21(29)17-11-28(12-24-17)20-15(4-3-9-23-20)22-26-19(27-31-22)14-6-7-14/h3-5,8-12,14H,6-7H2,1-2H3,(H,25,29). The molecule has 3 heterocycles. The van der Waals surface area contributed by atoms with Crippen molar-refractivity contribution in [3.63, 3.8) is 0 Å². The number of pyridine rings is 1. The van der Waals surface area contributed by atoms with Gasteiger partial charge < -0.3 is 14.6 Å². The third-order valence-corrected chi connectivity index (χ3v) is 5.06. The van der Waals surface area contributed by atoms with Crippen molar-refractivity contribution in [2.75, 3.05) is 12.4 Å². The molecule has 0 bridgehead atoms. The summed E-state index contributed by atoms with van der Waals surface area (Å²) < 4.78 is 12.4. The summed E-state index contributed by atoms with van der Waals surface area (Å²) in [6, 6.07) is 9.22. The van der Waals surface area contributed by atoms with Crippen molar-refractivity contribution in [1.29, 1.82) is 0 Å². The minimum Gasteiger partial charge on any atom is -0.495 e. The highest BCUT2D eigenvalue weighted by atomic mass is 16.5. The number of ether oxygens (including phenoxy) is 1. The van der Waals surface area contributed by atoms with Crippen LogP contribution in [-0.2, 0) is 0 Å². The van der Waals surface area contributed by atoms with Crippen LogP contribution < -0.4 is 10.1 Å². The molecule has 9 heteroatoms. The molecule has 0 atom stereocenters. The number of amides is 1. The van der Waals surface area contributed by atoms with E-state index in [9.17, 15) is 4.79 Å². The Balaban J connectivity index is 1.42. The third-order valence-electron chi connectivity index (χ3n) is 5.06. The van der Waals surface area contributed by atoms with Crippen molar-refractivity contribution in [2.45, 2.75) is 25.7 Å². The Morgan fingerprint density at radius 2 is 2.13 bits per heavy atom. The van der Waals surface area contributed by atoms with Crippen LogP contribution in [0.2, 0.25) is 0 Å². The Morgan fingerprint density at radius 1 is 1.26 bits per heavy atom. The molecule has 1 amide bonds. The average molecular weight is 416 g/mol. The van der Waals surface area contributed by atoms with Gasteiger partial charge in [-0.25, -0.2) is 9.97 Å². The zero-order valence-electron chi connectivity index (χ0n) is 17.1. The van der Waals surface area contributed by atoms with Gasteiger partial charge in [-0.15, -0.1) is 0 Å². The lowest BCUT2D eigenvalue weighted by Crippen LogP contribution is -2.13. The Morgan fingerprint density at radius 3 is 2.94 bits per heavy atom. The van der Waals surface area contributed by atoms with E-state index < -0.39 is 0 Å². The van der Waals surface area contributed by atoms with Gasteiger partial charge in [-0.3, -0.25) is 9.36 Å². The summed E-state index contributed by atoms with van der Waals surface area (Å²) in [7, 11) is 1.56. The maximum atomic E-state index is 12.8. The van der Waals surface area contributed by atoms with Gasteiger partial charge in [0.1, 0.15) is 17.8 Å². The topological polar surface area (TPSA) is 108 Å². The first-order valence-electron chi connectivity index (χ1n) is 9.91. The van der Waals surface area contributed by atoms with Gasteiger partial charge in [0.2, 0.25) is 0 Å². The normalized spacial score (nSPS) is 13.2. The number of aromatic nitrogens is 5. The van der Waals surface area contributed by atoms with Crippen LogP contribution in [-0.4, -0.2) is 37.7 Å². The van der Waals surface area contributed by atoms with Gasteiger partial charge in [0.05, 0.1) is 18.4 Å². The highest BCUT2D eigenvalue weighted by Crippen LogP contribution is 2.39. The Labute approximate surface area is 178 Å². The van der Waals surface area contributed by atoms with Crippen LogP contribution in [0.1, 0.15) is 40.6 Å². The fourth-order valence-electron chi connectivity index (χ4n) is 3.28. The van der Waals surface area contributed by atoms with Gasteiger partial charge in [0.15, 0.2) is 11.6 Å². The number of nitrogens with zero attached hydrogens (tertiary/aromatic N) is 5. The van der Waals surface area contributed by atoms with Crippen LogP contribution in [0.3, 0.4) is 0 Å². The number of rotatable bonds is 6. The van der Waals surface area contributed by atoms with E-state index in [1.165, 1.54) is 6.33 Å². The molecule has 0 unspecified atom stereocenters. The molecule has 5 rings (SSSR count). The highest BCUT2D eigenvalue weighted by molar-refractivity contribution is 6.03. The lowest BCUT2D eigenvalue weighted by Gasteiger charge is -2.10. The molecule has 1 fully saturated rings. The van der Waals surface area contributed by atoms with Crippen LogP contribution >= 0.6 is 0 Å². The second-order valence-corrected chi connectivity index (χ2v) is 7.43. The number of aryl methyl sites for hydroxylation is 1. The number of methoxy groups -OCH3 is 1. The Hall–Kier alpha value is -4.01. The van der Waals surface area contributed by atoms with Crippen LogP contribution in [0.5, 0.6) is 5.75 Å². The molecule has 4 aromatic rings. The van der Waals surface area contributed by atoms with Crippen molar-refractivity contribution < 1.29 is 14.1 Å². The maximum absolute atomic E-state index is 12.8. The second kappa shape index (κ2) is 7.67. The SMILES string of the molecule is COc1ccc(C)cc1NC(=O)c1cn(-c2ncccc2-c2nc(C3CC3)no2)cn1. The van der Waals surface area contributed by atoms with Crippen molar-refractivity contribution in [3.05, 3.63) is 66.1 Å². The molecule has 1 saturated carbocycles. The smallest absolute Gasteiger partial charge is 0.275 e. The summed E-state index contributed by atoms with van der Waals surface area (Å²) in [5.74, 6) is 2.28. The molecular weight excluding hydrogens is 396 g/mol. The number of nitrogens with one attached hydrogen (secondary N) is 1. The van der Waals surface area contributed by atoms with E-state index in [0.29, 0.717) is 34.6 Å². The van der Waals surface area contributed by atoms with Crippen LogP contribution in [0, 0.1) is 6.92 Å². The summed E-state index contributed by atoms with van der Waals surface area (Å²) in [6.07, 6.45) is 6.98. The lowest BCUT2D eigenvalue weighted by molar-refractivity contribution is 0.102. The van der Waals surface area contributed by atoms with Gasteiger partial charge in [0.25, 0.3) is 11.8 Å². The minimum atomic E-state index is -0.353. The van der Waals surface area contributed by atoms with Crippen LogP contribution in [0.4, 0.5) is 5.69 Å². The number of hydrogen-bond acceptors (Lipinski definition) is 7. The van der Waals surface area contributed by atoms with E-state index in [0.717, 1.165) is 24.2 Å². The molecule has 0 radical (unpaired) electrons. The van der Waals surface area contributed by atoms with Gasteiger partial charge in [-0.1, -0.05) is 11.2 Å². The predicted molar refractivity (Wildman–Crippen MR) is 112 cm³/mol. The summed E-state index contributed by atoms with van der Waals surface area (Å²) in [6.45, 7) is 1.94. The van der Waals surface area contributed by atoms with Crippen molar-refractivity contribution >= 4 is 11.6 Å². The molecule has 0 aliphatic heterocycles. The molecule has 0 saturated heterocycles. The van der Waals surface area contributed by atoms with E-state index in [1.54, 1.807) is 30.1 Å². The molecular formula is C22H20N6O3. The molecule has 156 valence electrons. The number of hydrogen-bond donors (Lipinski definition) is 1. The summed E-state index contributed by atoms with van der Waals surface area (Å²) in [5, 5.41) is 6.93. The number of carbonyl (C=O) groups excluding carboxylic acids is 1. The number of benzene rings is 1. The highest BCUT2D eigenvalue weighted by Gasteiger charge is 2.29. The Bertz CT molecular complexity index is 1260. The third kappa shape index (κ3) is 3.77. The molecule has 3 aromatic heterocycles. The Kier molecular flexibility index (Phi) is 4.70. The fourth-order valence-corrected chi connectivity index (χ4v) is 3.28. The molecule has 1 N–H and O–H groups in total. The molecule has 0 spiro atoms. The number of imidazole rings is 1. The predicted octanol–water partition coefficient (Wildman–Crippen LogP) is 3.76. The summed E-state index contributed by atoms with van der Waals surface area (Å²) in [4.78, 5) is 26.0. The quantitative estimate of drug-likeness (QED) is 0.510. The van der Waals surface area contributed by atoms with E-state index in [-0.39, 0.29) is 11.6 Å². The molecule has 1 aliphatic carbocycles. The van der Waals surface area contributed by atoms with E-state index in [2.05, 4.69) is 25.4 Å². The zero-order valence-corrected chi connectivity index (χ0v) is 17.1. The van der Waals surface area contributed by atoms with E-state index >= 15 is 0 Å². The number of anilines is 1. The van der Waals surface area contributed by atoms with Gasteiger partial charge in [-0.2, -0.15) is 4.98 Å².